The lowest BCUT2D eigenvalue weighted by atomic mass is 9.64. The van der Waals surface area contributed by atoms with Gasteiger partial charge in [0, 0.05) is 62.5 Å². The zero-order valence-corrected chi connectivity index (χ0v) is 24.5. The smallest absolute Gasteiger partial charge is 0.407 e. The van der Waals surface area contributed by atoms with Crippen LogP contribution in [0, 0.1) is 0 Å². The molecule has 1 aromatic carbocycles. The summed E-state index contributed by atoms with van der Waals surface area (Å²) in [6.45, 7) is 3.33. The van der Waals surface area contributed by atoms with Crippen LogP contribution in [0.5, 0.6) is 5.88 Å². The summed E-state index contributed by atoms with van der Waals surface area (Å²) < 4.78 is 32.8. The quantitative estimate of drug-likeness (QED) is 0.376. The Morgan fingerprint density at radius 1 is 1.10 bits per heavy atom. The van der Waals surface area contributed by atoms with Gasteiger partial charge >= 0.3 is 6.09 Å². The van der Waals surface area contributed by atoms with Crippen LogP contribution in [0.3, 0.4) is 0 Å². The molecular formula is C29H34N6O6S. The number of aromatic nitrogens is 2. The predicted molar refractivity (Wildman–Crippen MR) is 159 cm³/mol. The van der Waals surface area contributed by atoms with Gasteiger partial charge < -0.3 is 19.6 Å². The van der Waals surface area contributed by atoms with E-state index in [0.29, 0.717) is 44.8 Å². The molecule has 1 spiro atoms. The molecule has 2 amide bonds. The van der Waals surface area contributed by atoms with Crippen molar-refractivity contribution in [2.24, 2.45) is 0 Å². The van der Waals surface area contributed by atoms with Crippen LogP contribution in [0.1, 0.15) is 31.2 Å². The normalized spacial score (nSPS) is 18.3. The van der Waals surface area contributed by atoms with Crippen molar-refractivity contribution in [1.82, 2.24) is 19.8 Å². The van der Waals surface area contributed by atoms with Gasteiger partial charge in [-0.1, -0.05) is 12.5 Å². The van der Waals surface area contributed by atoms with E-state index in [4.69, 9.17) is 9.84 Å². The molecule has 2 aromatic heterocycles. The van der Waals surface area contributed by atoms with E-state index in [2.05, 4.69) is 19.6 Å². The summed E-state index contributed by atoms with van der Waals surface area (Å²) in [6, 6.07) is 7.56. The Bertz CT molecular complexity index is 1670. The minimum Gasteiger partial charge on any atom is -0.476 e. The third-order valence-corrected chi connectivity index (χ3v) is 9.18. The van der Waals surface area contributed by atoms with Crippen molar-refractivity contribution in [3.8, 4) is 17.0 Å². The number of amides is 2. The number of carbonyl (C=O) groups excluding carboxylic acids is 1. The van der Waals surface area contributed by atoms with E-state index in [1.807, 2.05) is 18.2 Å². The second-order valence-electron chi connectivity index (χ2n) is 11.3. The molecule has 2 aliphatic heterocycles. The van der Waals surface area contributed by atoms with Gasteiger partial charge in [0.15, 0.2) is 0 Å². The van der Waals surface area contributed by atoms with Crippen molar-refractivity contribution < 1.29 is 27.9 Å². The van der Waals surface area contributed by atoms with Gasteiger partial charge in [0.05, 0.1) is 35.7 Å². The molecule has 4 heterocycles. The lowest BCUT2D eigenvalue weighted by Crippen LogP contribution is -2.48. The maximum atomic E-state index is 13.2. The molecule has 1 aliphatic carbocycles. The number of rotatable bonds is 8. The van der Waals surface area contributed by atoms with Crippen molar-refractivity contribution in [1.29, 1.82) is 0 Å². The summed E-state index contributed by atoms with van der Waals surface area (Å²) in [5.74, 6) is 0.303. The second-order valence-corrected chi connectivity index (χ2v) is 13.1. The van der Waals surface area contributed by atoms with E-state index in [1.54, 1.807) is 30.4 Å². The Morgan fingerprint density at radius 2 is 1.86 bits per heavy atom. The third kappa shape index (κ3) is 5.11. The molecule has 222 valence electrons. The number of carboxylic acid groups (broad SMARTS) is 1. The molecule has 42 heavy (non-hydrogen) atoms. The number of piperazine rings is 1. The summed E-state index contributed by atoms with van der Waals surface area (Å²) >= 11 is 0. The zero-order valence-electron chi connectivity index (χ0n) is 23.7. The topological polar surface area (TPSA) is 145 Å². The van der Waals surface area contributed by atoms with Crippen LogP contribution in [0.2, 0.25) is 0 Å². The number of hydrogen-bond acceptors (Lipinski definition) is 8. The molecule has 3 aliphatic rings. The molecule has 0 bridgehead atoms. The van der Waals surface area contributed by atoms with Crippen LogP contribution < -0.4 is 14.4 Å². The zero-order chi connectivity index (χ0) is 29.6. The van der Waals surface area contributed by atoms with Crippen molar-refractivity contribution in [2.75, 3.05) is 62.3 Å². The summed E-state index contributed by atoms with van der Waals surface area (Å²) in [4.78, 5) is 38.7. The van der Waals surface area contributed by atoms with Crippen LogP contribution in [0.4, 0.5) is 16.2 Å². The van der Waals surface area contributed by atoms with Gasteiger partial charge in [-0.05, 0) is 43.0 Å². The number of nitrogens with zero attached hydrogens (tertiary/aromatic N) is 5. The summed E-state index contributed by atoms with van der Waals surface area (Å²) in [7, 11) is -1.81. The maximum Gasteiger partial charge on any atom is 0.407 e. The second kappa shape index (κ2) is 10.7. The highest BCUT2D eigenvalue weighted by Crippen LogP contribution is 2.55. The summed E-state index contributed by atoms with van der Waals surface area (Å²) in [6.07, 6.45) is 6.94. The molecule has 2 N–H and O–H groups in total. The largest absolute Gasteiger partial charge is 0.476 e. The van der Waals surface area contributed by atoms with Crippen molar-refractivity contribution in [3.05, 3.63) is 42.2 Å². The fraction of sp³-hybridized carbons (Fsp3) is 0.448. The fourth-order valence-electron chi connectivity index (χ4n) is 6.27. The first-order valence-electron chi connectivity index (χ1n) is 14.1. The van der Waals surface area contributed by atoms with Gasteiger partial charge in [0.25, 0.3) is 0 Å². The Kier molecular flexibility index (Phi) is 7.17. The van der Waals surface area contributed by atoms with E-state index >= 15 is 0 Å². The monoisotopic (exact) mass is 594 g/mol. The molecular weight excluding hydrogens is 560 g/mol. The molecule has 0 unspecified atom stereocenters. The van der Waals surface area contributed by atoms with Crippen LogP contribution in [-0.2, 0) is 20.2 Å². The van der Waals surface area contributed by atoms with Gasteiger partial charge in [0.2, 0.25) is 21.8 Å². The molecule has 2 fully saturated rings. The highest BCUT2D eigenvalue weighted by atomic mass is 32.2. The third-order valence-electron chi connectivity index (χ3n) is 8.59. The van der Waals surface area contributed by atoms with Crippen LogP contribution in [-0.4, -0.2) is 97.9 Å². The lowest BCUT2D eigenvalue weighted by Gasteiger charge is -2.37. The number of sulfonamides is 1. The van der Waals surface area contributed by atoms with E-state index in [0.717, 1.165) is 59.8 Å². The Hall–Kier alpha value is -3.97. The molecule has 0 atom stereocenters. The Labute approximate surface area is 244 Å². The minimum absolute atomic E-state index is 0.119. The van der Waals surface area contributed by atoms with E-state index in [1.165, 1.54) is 4.90 Å². The van der Waals surface area contributed by atoms with E-state index in [9.17, 15) is 18.0 Å². The number of likely N-dealkylation sites (N-methyl/N-ethyl adjacent to an activating group) is 1. The number of benzene rings is 1. The highest BCUT2D eigenvalue weighted by molar-refractivity contribution is 7.92. The number of fused-ring (bicyclic) bond motifs is 4. The van der Waals surface area contributed by atoms with E-state index in [-0.39, 0.29) is 17.5 Å². The number of nitrogens with one attached hydrogen (secondary N) is 1. The molecule has 3 aromatic rings. The Balaban J connectivity index is 1.23. The SMILES string of the molecule is CN1C(=O)C2(CCC2)c2c1cnc1ccc(-c3cnc(OCCCN4CCN(C(=O)O)CC4)c(NS(C)(=O)=O)c3)cc21. The van der Waals surface area contributed by atoms with Crippen molar-refractivity contribution in [3.63, 3.8) is 0 Å². The van der Waals surface area contributed by atoms with Gasteiger partial charge in [-0.15, -0.1) is 0 Å². The van der Waals surface area contributed by atoms with Crippen LogP contribution >= 0.6 is 0 Å². The highest BCUT2D eigenvalue weighted by Gasteiger charge is 2.54. The number of pyridine rings is 2. The molecule has 13 heteroatoms. The number of hydrogen-bond donors (Lipinski definition) is 2. The predicted octanol–water partition coefficient (Wildman–Crippen LogP) is 3.13. The Morgan fingerprint density at radius 3 is 2.52 bits per heavy atom. The average molecular weight is 595 g/mol. The first-order chi connectivity index (χ1) is 20.1. The van der Waals surface area contributed by atoms with Crippen LogP contribution in [0.15, 0.2) is 36.7 Å². The maximum absolute atomic E-state index is 13.2. The molecule has 1 saturated carbocycles. The van der Waals surface area contributed by atoms with Crippen molar-refractivity contribution >= 4 is 44.3 Å². The molecule has 1 saturated heterocycles. The summed E-state index contributed by atoms with van der Waals surface area (Å²) in [5, 5.41) is 10.0. The summed E-state index contributed by atoms with van der Waals surface area (Å²) in [5.41, 5.74) is 3.95. The lowest BCUT2D eigenvalue weighted by molar-refractivity contribution is -0.125. The molecule has 12 nitrogen and oxygen atoms in total. The molecule has 6 rings (SSSR count). The average Bonchev–Trinajstić information content (AvgIpc) is 3.18. The first-order valence-corrected chi connectivity index (χ1v) is 16.0. The first kappa shape index (κ1) is 28.2. The van der Waals surface area contributed by atoms with Gasteiger partial charge in [0.1, 0.15) is 5.69 Å². The van der Waals surface area contributed by atoms with Gasteiger partial charge in [-0.2, -0.15) is 0 Å². The number of carbonyl (C=O) groups is 2. The van der Waals surface area contributed by atoms with E-state index < -0.39 is 21.5 Å². The fourth-order valence-corrected chi connectivity index (χ4v) is 6.81. The minimum atomic E-state index is -3.61. The number of anilines is 2. The van der Waals surface area contributed by atoms with Gasteiger partial charge in [-0.3, -0.25) is 19.4 Å². The standard InChI is InChI=1S/C29H34N6O6S/c1-33-24-18-30-22-6-5-19(15-21(22)25(24)29(27(33)36)7-3-8-29)20-16-23(32-42(2,39)40)26(31-17-20)41-14-4-9-34-10-12-35(13-11-34)28(37)38/h5-6,15-18,32H,3-4,7-14H2,1-2H3,(H,37,38). The van der Waals surface area contributed by atoms with Crippen molar-refractivity contribution in [2.45, 2.75) is 31.1 Å². The number of ether oxygens (including phenoxy) is 1. The molecule has 0 radical (unpaired) electrons. The van der Waals surface area contributed by atoms with Gasteiger partial charge in [-0.25, -0.2) is 18.2 Å². The van der Waals surface area contributed by atoms with Crippen LogP contribution in [0.25, 0.3) is 22.0 Å².